The minimum Gasteiger partial charge on any atom is -0.462 e. The van der Waals surface area contributed by atoms with Crippen LogP contribution in [-0.2, 0) is 19.1 Å². The first kappa shape index (κ1) is 16.9. The van der Waals surface area contributed by atoms with Crippen molar-refractivity contribution >= 4 is 11.9 Å². The summed E-state index contributed by atoms with van der Waals surface area (Å²) < 4.78 is 9.81. The van der Waals surface area contributed by atoms with E-state index in [1.54, 1.807) is 39.8 Å². The zero-order valence-electron chi connectivity index (χ0n) is 11.8. The van der Waals surface area contributed by atoms with Crippen molar-refractivity contribution in [2.45, 2.75) is 46.8 Å². The summed E-state index contributed by atoms with van der Waals surface area (Å²) in [4.78, 5) is 23.7. The normalized spacial score (nSPS) is 15.0. The summed E-state index contributed by atoms with van der Waals surface area (Å²) in [5, 5.41) is 18.2. The third-order valence-corrected chi connectivity index (χ3v) is 2.29. The molecule has 19 heavy (non-hydrogen) atoms. The number of rotatable bonds is 5. The van der Waals surface area contributed by atoms with Crippen LogP contribution >= 0.6 is 0 Å². The van der Waals surface area contributed by atoms with E-state index in [4.69, 9.17) is 20.0 Å². The summed E-state index contributed by atoms with van der Waals surface area (Å²) in [5.41, 5.74) is -1.88. The molecule has 0 N–H and O–H groups in total. The summed E-state index contributed by atoms with van der Waals surface area (Å²) >= 11 is 0. The third kappa shape index (κ3) is 4.26. The second kappa shape index (κ2) is 6.75. The number of nitrogens with zero attached hydrogens (tertiary/aromatic N) is 2. The summed E-state index contributed by atoms with van der Waals surface area (Å²) in [5.74, 6) is -3.33. The lowest BCUT2D eigenvalue weighted by molar-refractivity contribution is -0.166. The molecule has 104 valence electrons. The van der Waals surface area contributed by atoms with Crippen LogP contribution in [0.4, 0.5) is 0 Å². The zero-order valence-corrected chi connectivity index (χ0v) is 11.8. The molecule has 2 unspecified atom stereocenters. The van der Waals surface area contributed by atoms with Gasteiger partial charge >= 0.3 is 11.9 Å². The van der Waals surface area contributed by atoms with E-state index in [0.29, 0.717) is 0 Å². The highest BCUT2D eigenvalue weighted by molar-refractivity contribution is 5.89. The molecule has 0 aromatic rings. The SMILES string of the molecule is CC(C)OC(=O)C(C#N)C(C)(C#N)C(=O)OC(C)C. The van der Waals surface area contributed by atoms with E-state index < -0.39 is 35.5 Å². The average Bonchev–Trinajstić information content (AvgIpc) is 2.27. The molecule has 0 saturated heterocycles. The van der Waals surface area contributed by atoms with E-state index in [0.717, 1.165) is 0 Å². The highest BCUT2D eigenvalue weighted by Crippen LogP contribution is 2.30. The Hall–Kier alpha value is -2.08. The van der Waals surface area contributed by atoms with Gasteiger partial charge in [-0.1, -0.05) is 0 Å². The van der Waals surface area contributed by atoms with Gasteiger partial charge in [-0.2, -0.15) is 10.5 Å². The number of ether oxygens (including phenoxy) is 2. The maximum absolute atomic E-state index is 11.9. The lowest BCUT2D eigenvalue weighted by Crippen LogP contribution is -2.41. The first-order chi connectivity index (χ1) is 8.68. The molecule has 0 saturated carbocycles. The van der Waals surface area contributed by atoms with E-state index in [9.17, 15) is 9.59 Å². The first-order valence-corrected chi connectivity index (χ1v) is 5.91. The summed E-state index contributed by atoms with van der Waals surface area (Å²) in [6, 6.07) is 3.35. The van der Waals surface area contributed by atoms with Gasteiger partial charge in [0.2, 0.25) is 0 Å². The van der Waals surface area contributed by atoms with Gasteiger partial charge in [-0.05, 0) is 34.6 Å². The van der Waals surface area contributed by atoms with Crippen LogP contribution in [-0.4, -0.2) is 24.1 Å². The topological polar surface area (TPSA) is 100 Å². The zero-order chi connectivity index (χ0) is 15.2. The van der Waals surface area contributed by atoms with E-state index >= 15 is 0 Å². The fraction of sp³-hybridized carbons (Fsp3) is 0.692. The molecule has 0 rings (SSSR count). The Balaban J connectivity index is 5.30. The molecule has 0 fully saturated rings. The third-order valence-electron chi connectivity index (χ3n) is 2.29. The van der Waals surface area contributed by atoms with Gasteiger partial charge in [0, 0.05) is 0 Å². The average molecular weight is 266 g/mol. The molecule has 2 atom stereocenters. The Bertz CT molecular complexity index is 431. The number of nitriles is 2. The van der Waals surface area contributed by atoms with Crippen molar-refractivity contribution in [3.8, 4) is 12.1 Å². The van der Waals surface area contributed by atoms with Crippen molar-refractivity contribution in [2.75, 3.05) is 0 Å². The van der Waals surface area contributed by atoms with Crippen LogP contribution in [0, 0.1) is 34.0 Å². The van der Waals surface area contributed by atoms with Gasteiger partial charge in [0.1, 0.15) is 0 Å². The van der Waals surface area contributed by atoms with Crippen molar-refractivity contribution in [1.29, 1.82) is 10.5 Å². The Morgan fingerprint density at radius 2 is 1.53 bits per heavy atom. The van der Waals surface area contributed by atoms with Gasteiger partial charge in [-0.3, -0.25) is 9.59 Å². The maximum Gasteiger partial charge on any atom is 0.328 e. The maximum atomic E-state index is 11.9. The van der Waals surface area contributed by atoms with Crippen molar-refractivity contribution < 1.29 is 19.1 Å². The molecule has 0 bridgehead atoms. The van der Waals surface area contributed by atoms with Gasteiger partial charge in [0.05, 0.1) is 24.3 Å². The van der Waals surface area contributed by atoms with Crippen LogP contribution in [0.1, 0.15) is 34.6 Å². The molecule has 0 aliphatic heterocycles. The van der Waals surface area contributed by atoms with Crippen LogP contribution in [0.25, 0.3) is 0 Å². The van der Waals surface area contributed by atoms with Crippen LogP contribution in [0.5, 0.6) is 0 Å². The highest BCUT2D eigenvalue weighted by atomic mass is 16.6. The second-order valence-corrected chi connectivity index (χ2v) is 4.82. The molecule has 0 amide bonds. The minimum absolute atomic E-state index is 0.438. The molecule has 0 aromatic carbocycles. The van der Waals surface area contributed by atoms with Gasteiger partial charge in [0.15, 0.2) is 11.3 Å². The smallest absolute Gasteiger partial charge is 0.328 e. The number of hydrogen-bond donors (Lipinski definition) is 0. The van der Waals surface area contributed by atoms with Gasteiger partial charge in [0.25, 0.3) is 0 Å². The Morgan fingerprint density at radius 3 is 1.84 bits per heavy atom. The van der Waals surface area contributed by atoms with Crippen molar-refractivity contribution in [3.05, 3.63) is 0 Å². The Kier molecular flexibility index (Phi) is 6.01. The summed E-state index contributed by atoms with van der Waals surface area (Å²) in [7, 11) is 0. The lowest BCUT2D eigenvalue weighted by atomic mass is 9.79. The number of carbonyl (C=O) groups excluding carboxylic acids is 2. The van der Waals surface area contributed by atoms with Crippen molar-refractivity contribution in [3.63, 3.8) is 0 Å². The predicted molar refractivity (Wildman–Crippen MR) is 65.3 cm³/mol. The van der Waals surface area contributed by atoms with Crippen LogP contribution in [0.3, 0.4) is 0 Å². The van der Waals surface area contributed by atoms with E-state index in [1.165, 1.54) is 6.92 Å². The molecule has 6 heteroatoms. The van der Waals surface area contributed by atoms with Crippen molar-refractivity contribution in [1.82, 2.24) is 0 Å². The van der Waals surface area contributed by atoms with E-state index in [2.05, 4.69) is 0 Å². The monoisotopic (exact) mass is 266 g/mol. The quantitative estimate of drug-likeness (QED) is 0.700. The van der Waals surface area contributed by atoms with Gasteiger partial charge in [-0.25, -0.2) is 0 Å². The van der Waals surface area contributed by atoms with Crippen LogP contribution < -0.4 is 0 Å². The molecule has 6 nitrogen and oxygen atoms in total. The lowest BCUT2D eigenvalue weighted by Gasteiger charge is -2.25. The van der Waals surface area contributed by atoms with Crippen molar-refractivity contribution in [2.24, 2.45) is 11.3 Å². The largest absolute Gasteiger partial charge is 0.462 e. The Morgan fingerprint density at radius 1 is 1.05 bits per heavy atom. The number of carbonyl (C=O) groups is 2. The first-order valence-electron chi connectivity index (χ1n) is 5.91. The number of hydrogen-bond acceptors (Lipinski definition) is 6. The van der Waals surface area contributed by atoms with Gasteiger partial charge < -0.3 is 9.47 Å². The summed E-state index contributed by atoms with van der Waals surface area (Å²) in [6.45, 7) is 7.66. The molecule has 0 aromatic heterocycles. The standard InChI is InChI=1S/C13H18N2O4/c1-8(2)18-11(16)10(6-14)13(5,7-15)12(17)19-9(3)4/h8-10H,1-5H3. The molecule has 0 spiro atoms. The minimum atomic E-state index is -1.88. The van der Waals surface area contributed by atoms with E-state index in [1.807, 2.05) is 0 Å². The Labute approximate surface area is 112 Å². The molecular weight excluding hydrogens is 248 g/mol. The molecule has 0 aliphatic carbocycles. The fourth-order valence-electron chi connectivity index (χ4n) is 1.28. The predicted octanol–water partition coefficient (Wildman–Crippen LogP) is 1.56. The fourth-order valence-corrected chi connectivity index (χ4v) is 1.28. The molecule has 0 aliphatic rings. The molecular formula is C13H18N2O4. The van der Waals surface area contributed by atoms with Crippen LogP contribution in [0.2, 0.25) is 0 Å². The summed E-state index contributed by atoms with van der Waals surface area (Å²) in [6.07, 6.45) is -0.881. The second-order valence-electron chi connectivity index (χ2n) is 4.82. The van der Waals surface area contributed by atoms with Gasteiger partial charge in [-0.15, -0.1) is 0 Å². The molecule has 0 heterocycles. The van der Waals surface area contributed by atoms with E-state index in [-0.39, 0.29) is 0 Å². The molecule has 0 radical (unpaired) electrons. The van der Waals surface area contributed by atoms with Crippen LogP contribution in [0.15, 0.2) is 0 Å². The number of esters is 2. The highest BCUT2D eigenvalue weighted by Gasteiger charge is 2.49.